The zero-order chi connectivity index (χ0) is 16.6. The molecule has 0 fully saturated rings. The molecule has 2 heterocycles. The fourth-order valence-electron chi connectivity index (χ4n) is 2.86. The van der Waals surface area contributed by atoms with E-state index < -0.39 is 0 Å². The number of carbonyl (C=O) groups excluding carboxylic acids is 2. The van der Waals surface area contributed by atoms with Crippen LogP contribution in [0, 0.1) is 6.92 Å². The fraction of sp³-hybridized carbons (Fsp3) is 0.278. The van der Waals surface area contributed by atoms with Gasteiger partial charge in [-0.25, -0.2) is 0 Å². The Morgan fingerprint density at radius 1 is 1.30 bits per heavy atom. The summed E-state index contributed by atoms with van der Waals surface area (Å²) in [7, 11) is 0. The van der Waals surface area contributed by atoms with E-state index in [1.54, 1.807) is 24.4 Å². The summed E-state index contributed by atoms with van der Waals surface area (Å²) in [6.07, 6.45) is 2.10. The molecule has 0 saturated carbocycles. The topological polar surface area (TPSA) is 71.1 Å². The summed E-state index contributed by atoms with van der Waals surface area (Å²) >= 11 is 0. The molecule has 1 aromatic carbocycles. The first-order chi connectivity index (χ1) is 10.9. The summed E-state index contributed by atoms with van der Waals surface area (Å²) in [6.45, 7) is 5.87. The van der Waals surface area contributed by atoms with Crippen LogP contribution in [0.1, 0.15) is 41.9 Å². The Morgan fingerprint density at radius 3 is 2.83 bits per heavy atom. The second-order valence-electron chi connectivity index (χ2n) is 6.46. The van der Waals surface area contributed by atoms with Crippen molar-refractivity contribution >= 4 is 23.2 Å². The van der Waals surface area contributed by atoms with Crippen LogP contribution in [0.2, 0.25) is 0 Å². The van der Waals surface area contributed by atoms with E-state index in [1.165, 1.54) is 0 Å². The number of benzene rings is 1. The molecular formula is C18H19N3O2. The van der Waals surface area contributed by atoms with Gasteiger partial charge in [0.25, 0.3) is 5.91 Å². The average molecular weight is 309 g/mol. The van der Waals surface area contributed by atoms with Crippen molar-refractivity contribution in [1.82, 2.24) is 4.98 Å². The predicted octanol–water partition coefficient (Wildman–Crippen LogP) is 3.26. The predicted molar refractivity (Wildman–Crippen MR) is 89.6 cm³/mol. The van der Waals surface area contributed by atoms with Gasteiger partial charge in [0.2, 0.25) is 5.91 Å². The van der Waals surface area contributed by atoms with Crippen molar-refractivity contribution in [3.05, 3.63) is 53.3 Å². The van der Waals surface area contributed by atoms with Crippen LogP contribution in [0.25, 0.3) is 0 Å². The van der Waals surface area contributed by atoms with Gasteiger partial charge in [0.15, 0.2) is 0 Å². The van der Waals surface area contributed by atoms with Crippen molar-refractivity contribution in [2.75, 3.05) is 10.6 Å². The molecule has 2 N–H and O–H groups in total. The summed E-state index contributed by atoms with van der Waals surface area (Å²) in [5, 5.41) is 5.74. The van der Waals surface area contributed by atoms with Crippen molar-refractivity contribution in [2.24, 2.45) is 0 Å². The summed E-state index contributed by atoms with van der Waals surface area (Å²) in [5.41, 5.74) is 3.50. The van der Waals surface area contributed by atoms with E-state index in [-0.39, 0.29) is 17.2 Å². The minimum atomic E-state index is -0.293. The van der Waals surface area contributed by atoms with Gasteiger partial charge in [0.05, 0.1) is 11.4 Å². The second kappa shape index (κ2) is 5.50. The van der Waals surface area contributed by atoms with Crippen molar-refractivity contribution < 1.29 is 9.59 Å². The van der Waals surface area contributed by atoms with E-state index in [1.807, 2.05) is 32.9 Å². The molecule has 0 radical (unpaired) electrons. The van der Waals surface area contributed by atoms with Crippen LogP contribution in [0.15, 0.2) is 36.5 Å². The quantitative estimate of drug-likeness (QED) is 0.894. The molecule has 1 aliphatic rings. The molecule has 1 aliphatic heterocycles. The lowest BCUT2D eigenvalue weighted by atomic mass is 9.77. The third-order valence-electron chi connectivity index (χ3n) is 4.14. The Labute approximate surface area is 135 Å². The number of fused-ring (bicyclic) bond motifs is 1. The summed E-state index contributed by atoms with van der Waals surface area (Å²) in [4.78, 5) is 28.4. The lowest BCUT2D eigenvalue weighted by Crippen LogP contribution is -2.32. The van der Waals surface area contributed by atoms with E-state index in [4.69, 9.17) is 0 Å². The molecule has 5 heteroatoms. The zero-order valence-corrected chi connectivity index (χ0v) is 13.4. The van der Waals surface area contributed by atoms with Crippen LogP contribution in [-0.4, -0.2) is 16.8 Å². The average Bonchev–Trinajstić information content (AvgIpc) is 2.48. The second-order valence-corrected chi connectivity index (χ2v) is 6.46. The molecular weight excluding hydrogens is 290 g/mol. The normalized spacial score (nSPS) is 15.5. The van der Waals surface area contributed by atoms with E-state index in [2.05, 4.69) is 15.6 Å². The minimum Gasteiger partial charge on any atom is -0.326 e. The molecule has 2 amide bonds. The summed E-state index contributed by atoms with van der Waals surface area (Å²) < 4.78 is 0. The SMILES string of the molecule is Cc1ncccc1NC(=O)c1ccc2c(c1)C(C)(C)CC(=O)N2. The van der Waals surface area contributed by atoms with E-state index in [9.17, 15) is 9.59 Å². The van der Waals surface area contributed by atoms with Gasteiger partial charge in [0, 0.05) is 29.3 Å². The molecule has 0 aliphatic carbocycles. The number of hydrogen-bond acceptors (Lipinski definition) is 3. The van der Waals surface area contributed by atoms with Gasteiger partial charge in [-0.1, -0.05) is 13.8 Å². The molecule has 118 valence electrons. The molecule has 1 aromatic heterocycles. The van der Waals surface area contributed by atoms with Gasteiger partial charge in [-0.2, -0.15) is 0 Å². The largest absolute Gasteiger partial charge is 0.326 e. The van der Waals surface area contributed by atoms with Crippen LogP contribution in [0.5, 0.6) is 0 Å². The molecule has 23 heavy (non-hydrogen) atoms. The lowest BCUT2D eigenvalue weighted by molar-refractivity contribution is -0.117. The number of carbonyl (C=O) groups is 2. The maximum absolute atomic E-state index is 12.5. The Balaban J connectivity index is 1.91. The lowest BCUT2D eigenvalue weighted by Gasteiger charge is -2.32. The highest BCUT2D eigenvalue weighted by Gasteiger charge is 2.32. The van der Waals surface area contributed by atoms with Gasteiger partial charge in [-0.15, -0.1) is 0 Å². The molecule has 3 rings (SSSR count). The van der Waals surface area contributed by atoms with Gasteiger partial charge in [-0.3, -0.25) is 14.6 Å². The number of aryl methyl sites for hydroxylation is 1. The summed E-state index contributed by atoms with van der Waals surface area (Å²) in [5.74, 6) is -0.178. The molecule has 0 saturated heterocycles. The Kier molecular flexibility index (Phi) is 3.64. The van der Waals surface area contributed by atoms with Crippen LogP contribution < -0.4 is 10.6 Å². The third kappa shape index (κ3) is 2.95. The van der Waals surface area contributed by atoms with Crippen LogP contribution in [0.4, 0.5) is 11.4 Å². The molecule has 0 spiro atoms. The number of rotatable bonds is 2. The number of aromatic nitrogens is 1. The van der Waals surface area contributed by atoms with Crippen LogP contribution >= 0.6 is 0 Å². The van der Waals surface area contributed by atoms with Crippen LogP contribution in [-0.2, 0) is 10.2 Å². The molecule has 5 nitrogen and oxygen atoms in total. The number of amides is 2. The number of nitrogens with zero attached hydrogens (tertiary/aromatic N) is 1. The van der Waals surface area contributed by atoms with Crippen molar-refractivity contribution in [3.8, 4) is 0 Å². The maximum atomic E-state index is 12.5. The van der Waals surface area contributed by atoms with E-state index in [0.29, 0.717) is 17.7 Å². The number of pyridine rings is 1. The first-order valence-corrected chi connectivity index (χ1v) is 7.54. The number of anilines is 2. The standard InChI is InChI=1S/C18H19N3O2/c1-11-14(5-4-8-19-11)21-17(23)12-6-7-15-13(9-12)18(2,3)10-16(22)20-15/h4-9H,10H2,1-3H3,(H,20,22)(H,21,23). The summed E-state index contributed by atoms with van der Waals surface area (Å²) in [6, 6.07) is 8.98. The third-order valence-corrected chi connectivity index (χ3v) is 4.14. The first-order valence-electron chi connectivity index (χ1n) is 7.54. The van der Waals surface area contributed by atoms with Gasteiger partial charge < -0.3 is 10.6 Å². The zero-order valence-electron chi connectivity index (χ0n) is 13.4. The van der Waals surface area contributed by atoms with Gasteiger partial charge in [0.1, 0.15) is 0 Å². The maximum Gasteiger partial charge on any atom is 0.255 e. The number of hydrogen-bond donors (Lipinski definition) is 2. The van der Waals surface area contributed by atoms with Gasteiger partial charge in [-0.05, 0) is 42.8 Å². The van der Waals surface area contributed by atoms with Crippen LogP contribution in [0.3, 0.4) is 0 Å². The Bertz CT molecular complexity index is 797. The Hall–Kier alpha value is -2.69. The highest BCUT2D eigenvalue weighted by molar-refractivity contribution is 6.05. The number of nitrogens with one attached hydrogen (secondary N) is 2. The Morgan fingerprint density at radius 2 is 2.09 bits per heavy atom. The highest BCUT2D eigenvalue weighted by atomic mass is 16.2. The molecule has 2 aromatic rings. The van der Waals surface area contributed by atoms with Gasteiger partial charge >= 0.3 is 0 Å². The van der Waals surface area contributed by atoms with Crippen molar-refractivity contribution in [2.45, 2.75) is 32.6 Å². The fourth-order valence-corrected chi connectivity index (χ4v) is 2.86. The van der Waals surface area contributed by atoms with E-state index in [0.717, 1.165) is 16.9 Å². The molecule has 0 atom stereocenters. The monoisotopic (exact) mass is 309 g/mol. The highest BCUT2D eigenvalue weighted by Crippen LogP contribution is 2.37. The van der Waals surface area contributed by atoms with E-state index >= 15 is 0 Å². The smallest absolute Gasteiger partial charge is 0.255 e. The van der Waals surface area contributed by atoms with Crippen molar-refractivity contribution in [1.29, 1.82) is 0 Å². The molecule has 0 bridgehead atoms. The van der Waals surface area contributed by atoms with Crippen molar-refractivity contribution in [3.63, 3.8) is 0 Å². The molecule has 0 unspecified atom stereocenters. The minimum absolute atomic E-state index is 0.00527. The first kappa shape index (κ1) is 15.2.